The highest BCUT2D eigenvalue weighted by Gasteiger charge is 2.28. The highest BCUT2D eigenvalue weighted by Crippen LogP contribution is 2.32. The second-order valence-electron chi connectivity index (χ2n) is 11.1. The Morgan fingerprint density at radius 3 is 2.67 bits per heavy atom. The zero-order valence-corrected chi connectivity index (χ0v) is 21.6. The molecule has 0 radical (unpaired) electrons. The van der Waals surface area contributed by atoms with Crippen molar-refractivity contribution in [1.29, 1.82) is 0 Å². The second kappa shape index (κ2) is 13.3. The lowest BCUT2D eigenvalue weighted by atomic mass is 9.83. The largest absolute Gasteiger partial charge is 0.494 e. The van der Waals surface area contributed by atoms with Crippen molar-refractivity contribution in [2.75, 3.05) is 13.2 Å². The molecule has 0 unspecified atom stereocenters. The van der Waals surface area contributed by atoms with Crippen LogP contribution >= 0.6 is 0 Å². The van der Waals surface area contributed by atoms with Gasteiger partial charge in [0, 0.05) is 18.0 Å². The van der Waals surface area contributed by atoms with Crippen LogP contribution in [0.5, 0.6) is 5.75 Å². The number of aliphatic hydroxyl groups excluding tert-OH is 1. The van der Waals surface area contributed by atoms with Crippen molar-refractivity contribution in [2.24, 2.45) is 28.9 Å². The van der Waals surface area contributed by atoms with Crippen molar-refractivity contribution in [3.8, 4) is 5.75 Å². The number of aliphatic hydroxyl groups is 1. The van der Waals surface area contributed by atoms with Gasteiger partial charge in [-0.2, -0.15) is 0 Å². The quantitative estimate of drug-likeness (QED) is 0.321. The molecule has 2 rings (SSSR count). The minimum Gasteiger partial charge on any atom is -0.494 e. The predicted octanol–water partition coefficient (Wildman–Crippen LogP) is 5.09. The number of carbonyl (C=O) groups is 1. The van der Waals surface area contributed by atoms with Gasteiger partial charge in [0.15, 0.2) is 0 Å². The maximum Gasteiger partial charge on any atom is 0.225 e. The number of hydrogen-bond donors (Lipinski definition) is 3. The average Bonchev–Trinajstić information content (AvgIpc) is 3.59. The molecule has 0 heterocycles. The molecule has 3 atom stereocenters. The van der Waals surface area contributed by atoms with E-state index < -0.39 is 11.5 Å². The molecule has 33 heavy (non-hydrogen) atoms. The van der Waals surface area contributed by atoms with Gasteiger partial charge in [0.2, 0.25) is 5.91 Å². The minimum absolute atomic E-state index is 0.0129. The van der Waals surface area contributed by atoms with Crippen LogP contribution in [0.1, 0.15) is 85.1 Å². The van der Waals surface area contributed by atoms with Gasteiger partial charge in [-0.3, -0.25) is 4.79 Å². The first-order chi connectivity index (χ1) is 15.6. The lowest BCUT2D eigenvalue weighted by molar-refractivity contribution is -0.130. The first-order valence-electron chi connectivity index (χ1n) is 13.1. The van der Waals surface area contributed by atoms with Crippen LogP contribution in [0.4, 0.5) is 0 Å². The van der Waals surface area contributed by atoms with E-state index in [4.69, 9.17) is 10.5 Å². The molecule has 0 aliphatic heterocycles. The van der Waals surface area contributed by atoms with Gasteiger partial charge in [-0.25, -0.2) is 0 Å². The van der Waals surface area contributed by atoms with Gasteiger partial charge in [-0.05, 0) is 61.1 Å². The number of benzene rings is 1. The molecule has 0 aromatic heterocycles. The summed E-state index contributed by atoms with van der Waals surface area (Å²) in [5.41, 5.74) is 7.21. The molecular weight excluding hydrogens is 412 g/mol. The van der Waals surface area contributed by atoms with Crippen LogP contribution in [-0.2, 0) is 11.2 Å². The van der Waals surface area contributed by atoms with Crippen LogP contribution in [0.3, 0.4) is 0 Å². The Labute approximate surface area is 201 Å². The lowest BCUT2D eigenvalue weighted by Gasteiger charge is -2.29. The molecule has 5 nitrogen and oxygen atoms in total. The topological polar surface area (TPSA) is 84.6 Å². The summed E-state index contributed by atoms with van der Waals surface area (Å²) < 4.78 is 5.96. The van der Waals surface area contributed by atoms with E-state index in [-0.39, 0.29) is 18.5 Å². The van der Waals surface area contributed by atoms with Crippen LogP contribution in [-0.4, -0.2) is 36.3 Å². The Bertz CT molecular complexity index is 715. The Morgan fingerprint density at radius 2 is 2.03 bits per heavy atom. The third-order valence-electron chi connectivity index (χ3n) is 7.14. The molecule has 1 aliphatic carbocycles. The van der Waals surface area contributed by atoms with E-state index in [0.29, 0.717) is 18.3 Å². The van der Waals surface area contributed by atoms with Crippen molar-refractivity contribution in [3.05, 3.63) is 29.8 Å². The zero-order valence-electron chi connectivity index (χ0n) is 21.6. The van der Waals surface area contributed by atoms with Gasteiger partial charge in [-0.15, -0.1) is 0 Å². The molecule has 1 amide bonds. The van der Waals surface area contributed by atoms with E-state index >= 15 is 0 Å². The van der Waals surface area contributed by atoms with Crippen molar-refractivity contribution in [2.45, 2.75) is 98.1 Å². The summed E-state index contributed by atoms with van der Waals surface area (Å²) in [6.45, 7) is 11.5. The predicted molar refractivity (Wildman–Crippen MR) is 136 cm³/mol. The first kappa shape index (κ1) is 27.7. The Hall–Kier alpha value is -1.59. The van der Waals surface area contributed by atoms with Gasteiger partial charge in [0.05, 0.1) is 12.7 Å². The molecule has 1 fully saturated rings. The van der Waals surface area contributed by atoms with Gasteiger partial charge >= 0.3 is 0 Å². The summed E-state index contributed by atoms with van der Waals surface area (Å²) in [6, 6.07) is 7.99. The molecule has 188 valence electrons. The summed E-state index contributed by atoms with van der Waals surface area (Å²) >= 11 is 0. The Kier molecular flexibility index (Phi) is 11.2. The standard InChI is InChI=1S/C28H48N2O3/c1-6-7-14-28(4,5)27(32)30-19-26(31)25(29)18-23(20(2)3)16-22-9-8-10-24(17-22)33-15-13-21-11-12-21/h8-10,17,20-21,23,25-26,31H,6-7,11-16,18-19,29H2,1-5H3,(H,30,32)/t23-,25-,26-/m0/s1. The maximum absolute atomic E-state index is 12.5. The number of ether oxygens (including phenoxy) is 1. The fraction of sp³-hybridized carbons (Fsp3) is 0.750. The second-order valence-corrected chi connectivity index (χ2v) is 11.1. The summed E-state index contributed by atoms with van der Waals surface area (Å²) in [5, 5.41) is 13.6. The monoisotopic (exact) mass is 460 g/mol. The fourth-order valence-corrected chi connectivity index (χ4v) is 4.23. The number of carbonyl (C=O) groups excluding carboxylic acids is 1. The number of nitrogens with two attached hydrogens (primary N) is 1. The molecule has 0 saturated heterocycles. The highest BCUT2D eigenvalue weighted by atomic mass is 16.5. The third kappa shape index (κ3) is 10.1. The zero-order chi connectivity index (χ0) is 24.4. The Balaban J connectivity index is 1.84. The summed E-state index contributed by atoms with van der Waals surface area (Å²) in [5.74, 6) is 2.58. The van der Waals surface area contributed by atoms with Crippen molar-refractivity contribution in [3.63, 3.8) is 0 Å². The first-order valence-corrected chi connectivity index (χ1v) is 13.1. The Morgan fingerprint density at radius 1 is 1.30 bits per heavy atom. The van der Waals surface area contributed by atoms with Crippen LogP contribution in [0, 0.1) is 23.2 Å². The summed E-state index contributed by atoms with van der Waals surface area (Å²) in [4.78, 5) is 12.5. The van der Waals surface area contributed by atoms with Gasteiger partial charge in [0.25, 0.3) is 0 Å². The van der Waals surface area contributed by atoms with E-state index in [1.54, 1.807) is 0 Å². The maximum atomic E-state index is 12.5. The molecule has 1 aliphatic rings. The van der Waals surface area contributed by atoms with Crippen LogP contribution in [0.2, 0.25) is 0 Å². The molecule has 0 bridgehead atoms. The third-order valence-corrected chi connectivity index (χ3v) is 7.14. The fourth-order valence-electron chi connectivity index (χ4n) is 4.23. The van der Waals surface area contributed by atoms with Gasteiger partial charge in [0.1, 0.15) is 5.75 Å². The summed E-state index contributed by atoms with van der Waals surface area (Å²) in [6.07, 6.45) is 7.64. The van der Waals surface area contributed by atoms with Gasteiger partial charge in [-0.1, -0.05) is 72.4 Å². The van der Waals surface area contributed by atoms with Crippen LogP contribution in [0.15, 0.2) is 24.3 Å². The van der Waals surface area contributed by atoms with Crippen LogP contribution < -0.4 is 15.8 Å². The van der Waals surface area contributed by atoms with Crippen molar-refractivity contribution < 1.29 is 14.6 Å². The molecule has 0 spiro atoms. The molecule has 1 aromatic rings. The van der Waals surface area contributed by atoms with Gasteiger partial charge < -0.3 is 20.9 Å². The van der Waals surface area contributed by atoms with E-state index in [2.05, 4.69) is 44.3 Å². The van der Waals surface area contributed by atoms with Crippen molar-refractivity contribution in [1.82, 2.24) is 5.32 Å². The lowest BCUT2D eigenvalue weighted by Crippen LogP contribution is -2.47. The molecular formula is C28H48N2O3. The number of hydrogen-bond acceptors (Lipinski definition) is 4. The number of nitrogens with one attached hydrogen (secondary N) is 1. The molecule has 4 N–H and O–H groups in total. The van der Waals surface area contributed by atoms with E-state index in [0.717, 1.165) is 50.4 Å². The number of rotatable bonds is 16. The highest BCUT2D eigenvalue weighted by molar-refractivity contribution is 5.81. The SMILES string of the molecule is CCCCC(C)(C)C(=O)NC[C@H](O)[C@@H](N)C[C@H](Cc1cccc(OCCC2CC2)c1)C(C)C. The van der Waals surface area contributed by atoms with E-state index in [1.807, 2.05) is 19.9 Å². The van der Waals surface area contributed by atoms with E-state index in [1.165, 1.54) is 18.4 Å². The molecule has 1 saturated carbocycles. The molecule has 5 heteroatoms. The number of amides is 1. The molecule has 1 aromatic carbocycles. The average molecular weight is 461 g/mol. The van der Waals surface area contributed by atoms with Crippen molar-refractivity contribution >= 4 is 5.91 Å². The minimum atomic E-state index is -0.755. The normalized spacial score (nSPS) is 17.0. The number of unbranched alkanes of at least 4 members (excludes halogenated alkanes) is 1. The van der Waals surface area contributed by atoms with Crippen LogP contribution in [0.25, 0.3) is 0 Å². The smallest absolute Gasteiger partial charge is 0.225 e. The summed E-state index contributed by atoms with van der Waals surface area (Å²) in [7, 11) is 0. The van der Waals surface area contributed by atoms with E-state index in [9.17, 15) is 9.90 Å².